The molecule has 2 fully saturated rings. The second kappa shape index (κ2) is 7.44. The van der Waals surface area contributed by atoms with E-state index in [1.54, 1.807) is 0 Å². The number of rotatable bonds is 4. The summed E-state index contributed by atoms with van der Waals surface area (Å²) < 4.78 is 6.04. The van der Waals surface area contributed by atoms with Gasteiger partial charge in [-0.15, -0.1) is 0 Å². The van der Waals surface area contributed by atoms with E-state index in [2.05, 4.69) is 6.92 Å². The fourth-order valence-electron chi connectivity index (χ4n) is 3.78. The Morgan fingerprint density at radius 3 is 2.45 bits per heavy atom. The maximum atomic E-state index is 12.5. The van der Waals surface area contributed by atoms with Gasteiger partial charge in [0.2, 0.25) is 0 Å². The molecule has 3 heteroatoms. The molecule has 0 bridgehead atoms. The lowest BCUT2D eigenvalue weighted by atomic mass is 9.88. The minimum Gasteiger partial charge on any atom is -0.365 e. The molecule has 2 rings (SSSR count). The van der Waals surface area contributed by atoms with Gasteiger partial charge in [0.05, 0.1) is 6.10 Å². The summed E-state index contributed by atoms with van der Waals surface area (Å²) in [6.45, 7) is 4.22. The number of amides is 1. The van der Waals surface area contributed by atoms with Crippen molar-refractivity contribution in [1.29, 1.82) is 0 Å². The topological polar surface area (TPSA) is 29.5 Å². The summed E-state index contributed by atoms with van der Waals surface area (Å²) in [5.41, 5.74) is 0. The molecule has 116 valence electrons. The first kappa shape index (κ1) is 15.8. The minimum atomic E-state index is -0.280. The highest BCUT2D eigenvalue weighted by atomic mass is 16.5. The van der Waals surface area contributed by atoms with E-state index in [9.17, 15) is 4.79 Å². The molecule has 3 atom stereocenters. The molecule has 1 amide bonds. The molecule has 2 saturated carbocycles. The van der Waals surface area contributed by atoms with Gasteiger partial charge in [0, 0.05) is 13.1 Å². The Balaban J connectivity index is 1.81. The molecule has 2 aliphatic rings. The zero-order chi connectivity index (χ0) is 14.5. The van der Waals surface area contributed by atoms with Crippen LogP contribution in [0.25, 0.3) is 0 Å². The van der Waals surface area contributed by atoms with Crippen LogP contribution in [0.15, 0.2) is 0 Å². The summed E-state index contributed by atoms with van der Waals surface area (Å²) in [7, 11) is 1.96. The van der Waals surface area contributed by atoms with Crippen molar-refractivity contribution in [3.63, 3.8) is 0 Å². The van der Waals surface area contributed by atoms with Gasteiger partial charge >= 0.3 is 0 Å². The third-order valence-electron chi connectivity index (χ3n) is 5.10. The summed E-state index contributed by atoms with van der Waals surface area (Å²) in [4.78, 5) is 14.5. The quantitative estimate of drug-likeness (QED) is 0.785. The number of nitrogens with zero attached hydrogens (tertiary/aromatic N) is 1. The van der Waals surface area contributed by atoms with E-state index in [0.717, 1.165) is 31.6 Å². The van der Waals surface area contributed by atoms with Gasteiger partial charge in [-0.2, -0.15) is 0 Å². The standard InChI is InChI=1S/C17H31NO2/c1-13-8-7-11-16(12-13)20-14(2)17(19)18(3)15-9-5-4-6-10-15/h13-16H,4-12H2,1-3H3/t13-,14+,16+/m1/s1. The molecule has 0 aromatic rings. The maximum absolute atomic E-state index is 12.5. The molecule has 0 saturated heterocycles. The molecule has 0 spiro atoms. The lowest BCUT2D eigenvalue weighted by Crippen LogP contribution is -2.45. The van der Waals surface area contributed by atoms with E-state index in [0.29, 0.717) is 6.04 Å². The van der Waals surface area contributed by atoms with Crippen LogP contribution in [0.4, 0.5) is 0 Å². The van der Waals surface area contributed by atoms with Crippen LogP contribution in [0.3, 0.4) is 0 Å². The number of carbonyl (C=O) groups excluding carboxylic acids is 1. The van der Waals surface area contributed by atoms with Gasteiger partial charge in [0.1, 0.15) is 6.10 Å². The van der Waals surface area contributed by atoms with E-state index in [1.165, 1.54) is 32.1 Å². The summed E-state index contributed by atoms with van der Waals surface area (Å²) >= 11 is 0. The summed E-state index contributed by atoms with van der Waals surface area (Å²) in [6.07, 6.45) is 11.0. The lowest BCUT2D eigenvalue weighted by Gasteiger charge is -2.34. The monoisotopic (exact) mass is 281 g/mol. The predicted molar refractivity (Wildman–Crippen MR) is 81.6 cm³/mol. The fraction of sp³-hybridized carbons (Fsp3) is 0.941. The Labute approximate surface area is 124 Å². The van der Waals surface area contributed by atoms with E-state index in [4.69, 9.17) is 4.74 Å². The van der Waals surface area contributed by atoms with Gasteiger partial charge in [0.15, 0.2) is 0 Å². The molecule has 0 aromatic heterocycles. The molecule has 2 aliphatic carbocycles. The summed E-state index contributed by atoms with van der Waals surface area (Å²) in [5.74, 6) is 0.919. The van der Waals surface area contributed by atoms with Gasteiger partial charge in [-0.1, -0.05) is 39.0 Å². The van der Waals surface area contributed by atoms with E-state index in [1.807, 2.05) is 18.9 Å². The van der Waals surface area contributed by atoms with E-state index < -0.39 is 0 Å². The Morgan fingerprint density at radius 1 is 1.10 bits per heavy atom. The van der Waals surface area contributed by atoms with Gasteiger partial charge in [0.25, 0.3) is 5.91 Å². The first-order valence-electron chi connectivity index (χ1n) is 8.50. The predicted octanol–water partition coefficient (Wildman–Crippen LogP) is 3.76. The fourth-order valence-corrected chi connectivity index (χ4v) is 3.78. The Kier molecular flexibility index (Phi) is 5.88. The molecule has 3 nitrogen and oxygen atoms in total. The van der Waals surface area contributed by atoms with Crippen molar-refractivity contribution >= 4 is 5.91 Å². The van der Waals surface area contributed by atoms with Crippen LogP contribution in [0, 0.1) is 5.92 Å². The van der Waals surface area contributed by atoms with Crippen LogP contribution in [-0.2, 0) is 9.53 Å². The van der Waals surface area contributed by atoms with Crippen LogP contribution in [0.2, 0.25) is 0 Å². The second-order valence-electron chi connectivity index (χ2n) is 6.91. The SMILES string of the molecule is C[C@@H]1CCC[C@H](O[C@@H](C)C(=O)N(C)C2CCCCC2)C1. The van der Waals surface area contributed by atoms with Crippen molar-refractivity contribution in [2.24, 2.45) is 5.92 Å². The molecule has 0 N–H and O–H groups in total. The van der Waals surface area contributed by atoms with Crippen molar-refractivity contribution in [1.82, 2.24) is 4.90 Å². The number of hydrogen-bond acceptors (Lipinski definition) is 2. The third kappa shape index (κ3) is 4.21. The first-order chi connectivity index (χ1) is 9.58. The molecule has 0 heterocycles. The van der Waals surface area contributed by atoms with Gasteiger partial charge in [-0.05, 0) is 38.5 Å². The van der Waals surface area contributed by atoms with Crippen molar-refractivity contribution < 1.29 is 9.53 Å². The van der Waals surface area contributed by atoms with Crippen molar-refractivity contribution in [2.75, 3.05) is 7.05 Å². The Morgan fingerprint density at radius 2 is 1.80 bits per heavy atom. The second-order valence-corrected chi connectivity index (χ2v) is 6.91. The Hall–Kier alpha value is -0.570. The third-order valence-corrected chi connectivity index (χ3v) is 5.10. The smallest absolute Gasteiger partial charge is 0.251 e. The van der Waals surface area contributed by atoms with Gasteiger partial charge < -0.3 is 9.64 Å². The number of hydrogen-bond donors (Lipinski definition) is 0. The van der Waals surface area contributed by atoms with Crippen LogP contribution < -0.4 is 0 Å². The Bertz CT molecular complexity index is 312. The molecular formula is C17H31NO2. The van der Waals surface area contributed by atoms with Crippen LogP contribution in [0.5, 0.6) is 0 Å². The zero-order valence-corrected chi connectivity index (χ0v) is 13.4. The number of ether oxygens (including phenoxy) is 1. The van der Waals surface area contributed by atoms with Gasteiger partial charge in [-0.3, -0.25) is 4.79 Å². The van der Waals surface area contributed by atoms with E-state index >= 15 is 0 Å². The average molecular weight is 281 g/mol. The normalized spacial score (nSPS) is 29.9. The minimum absolute atomic E-state index is 0.176. The van der Waals surface area contributed by atoms with Crippen LogP contribution in [0.1, 0.15) is 71.6 Å². The van der Waals surface area contributed by atoms with Crippen LogP contribution >= 0.6 is 0 Å². The van der Waals surface area contributed by atoms with Crippen molar-refractivity contribution in [2.45, 2.75) is 89.9 Å². The highest BCUT2D eigenvalue weighted by molar-refractivity contribution is 5.80. The van der Waals surface area contributed by atoms with Crippen LogP contribution in [-0.4, -0.2) is 36.1 Å². The molecule has 0 unspecified atom stereocenters. The number of likely N-dealkylation sites (N-methyl/N-ethyl adjacent to an activating group) is 1. The summed E-state index contributed by atoms with van der Waals surface area (Å²) in [6, 6.07) is 0.438. The van der Waals surface area contributed by atoms with Gasteiger partial charge in [-0.25, -0.2) is 0 Å². The highest BCUT2D eigenvalue weighted by Crippen LogP contribution is 2.27. The summed E-state index contributed by atoms with van der Waals surface area (Å²) in [5, 5.41) is 0. The molecule has 0 aromatic carbocycles. The molecular weight excluding hydrogens is 250 g/mol. The number of carbonyl (C=O) groups is 1. The molecule has 0 aliphatic heterocycles. The average Bonchev–Trinajstić information content (AvgIpc) is 2.46. The molecule has 20 heavy (non-hydrogen) atoms. The van der Waals surface area contributed by atoms with E-state index in [-0.39, 0.29) is 18.1 Å². The first-order valence-corrected chi connectivity index (χ1v) is 8.50. The van der Waals surface area contributed by atoms with Crippen molar-refractivity contribution in [3.8, 4) is 0 Å². The lowest BCUT2D eigenvalue weighted by molar-refractivity contribution is -0.149. The van der Waals surface area contributed by atoms with Crippen molar-refractivity contribution in [3.05, 3.63) is 0 Å². The zero-order valence-electron chi connectivity index (χ0n) is 13.4. The maximum Gasteiger partial charge on any atom is 0.251 e. The largest absolute Gasteiger partial charge is 0.365 e. The molecule has 0 radical (unpaired) electrons. The highest BCUT2D eigenvalue weighted by Gasteiger charge is 2.29.